The van der Waals surface area contributed by atoms with E-state index in [1.807, 2.05) is 0 Å². The third-order valence-electron chi connectivity index (χ3n) is 2.95. The smallest absolute Gasteiger partial charge is 0.184 e. The second-order valence-corrected chi connectivity index (χ2v) is 4.36. The lowest BCUT2D eigenvalue weighted by Crippen LogP contribution is -2.44. The molecule has 1 aromatic carbocycles. The molecule has 1 aromatic rings. The molecular weight excluding hydrogens is 224 g/mol. The average molecular weight is 241 g/mol. The van der Waals surface area contributed by atoms with E-state index in [-0.39, 0.29) is 0 Å². The van der Waals surface area contributed by atoms with Crippen molar-refractivity contribution in [2.75, 3.05) is 50.1 Å². The third-order valence-corrected chi connectivity index (χ3v) is 2.95. The molecule has 1 saturated heterocycles. The quantitative estimate of drug-likeness (QED) is 0.845. The minimum atomic E-state index is -0.799. The summed E-state index contributed by atoms with van der Waals surface area (Å²) in [5.41, 5.74) is 1.09. The topological polar surface area (TPSA) is 18.5 Å². The van der Waals surface area contributed by atoms with Crippen LogP contribution in [0.15, 0.2) is 12.1 Å². The Hall–Kier alpha value is -1.36. The van der Waals surface area contributed by atoms with E-state index >= 15 is 0 Å². The average Bonchev–Trinajstić information content (AvgIpc) is 2.33. The molecule has 2 rings (SSSR count). The number of nitrogens with zero attached hydrogens (tertiary/aromatic N) is 2. The lowest BCUT2D eigenvalue weighted by Gasteiger charge is -2.32. The number of hydrogen-bond acceptors (Lipinski definition) is 3. The van der Waals surface area contributed by atoms with Gasteiger partial charge in [0.25, 0.3) is 0 Å². The fraction of sp³-hybridized carbons (Fsp3) is 0.500. The first kappa shape index (κ1) is 12.1. The zero-order chi connectivity index (χ0) is 12.4. The van der Waals surface area contributed by atoms with Gasteiger partial charge in [0.1, 0.15) is 0 Å². The summed E-state index contributed by atoms with van der Waals surface area (Å²) in [6.45, 7) is 3.36. The van der Waals surface area contributed by atoms with Gasteiger partial charge in [0.2, 0.25) is 0 Å². The number of rotatable bonds is 2. The van der Waals surface area contributed by atoms with Crippen molar-refractivity contribution in [2.45, 2.75) is 0 Å². The van der Waals surface area contributed by atoms with Gasteiger partial charge in [-0.2, -0.15) is 0 Å². The molecule has 0 aromatic heterocycles. The van der Waals surface area contributed by atoms with E-state index in [9.17, 15) is 8.78 Å². The summed E-state index contributed by atoms with van der Waals surface area (Å²) in [4.78, 5) is 3.70. The molecule has 1 aliphatic heterocycles. The first-order chi connectivity index (χ1) is 8.11. The molecule has 0 atom stereocenters. The Kier molecular flexibility index (Phi) is 3.47. The molecule has 0 saturated carbocycles. The Balaban J connectivity index is 2.41. The number of halogens is 2. The lowest BCUT2D eigenvalue weighted by molar-refractivity contribution is 0.507. The molecule has 3 nitrogen and oxygen atoms in total. The number of anilines is 2. The van der Waals surface area contributed by atoms with Crippen LogP contribution in [0.4, 0.5) is 20.2 Å². The summed E-state index contributed by atoms with van der Waals surface area (Å²) < 4.78 is 27.1. The van der Waals surface area contributed by atoms with Gasteiger partial charge in [0, 0.05) is 40.3 Å². The van der Waals surface area contributed by atoms with Gasteiger partial charge in [-0.05, 0) is 12.1 Å². The number of piperazine rings is 1. The van der Waals surface area contributed by atoms with Crippen molar-refractivity contribution >= 4 is 11.4 Å². The highest BCUT2D eigenvalue weighted by atomic mass is 19.2. The first-order valence-corrected chi connectivity index (χ1v) is 5.72. The summed E-state index contributed by atoms with van der Waals surface area (Å²) in [6.07, 6.45) is 0. The zero-order valence-corrected chi connectivity index (χ0v) is 10.1. The normalized spacial score (nSPS) is 16.1. The summed E-state index contributed by atoms with van der Waals surface area (Å²) in [6, 6.07) is 2.85. The molecule has 1 aliphatic rings. The van der Waals surface area contributed by atoms with Crippen molar-refractivity contribution in [3.63, 3.8) is 0 Å². The largest absolute Gasteiger partial charge is 0.374 e. The Bertz CT molecular complexity index is 401. The van der Waals surface area contributed by atoms with Gasteiger partial charge in [-0.15, -0.1) is 0 Å². The van der Waals surface area contributed by atoms with Gasteiger partial charge in [-0.3, -0.25) is 0 Å². The summed E-state index contributed by atoms with van der Waals surface area (Å²) in [5.74, 6) is -1.57. The van der Waals surface area contributed by atoms with E-state index in [4.69, 9.17) is 0 Å². The van der Waals surface area contributed by atoms with Crippen molar-refractivity contribution < 1.29 is 8.78 Å². The van der Waals surface area contributed by atoms with Crippen LogP contribution in [0.3, 0.4) is 0 Å². The highest BCUT2D eigenvalue weighted by Crippen LogP contribution is 2.32. The molecule has 0 aliphatic carbocycles. The van der Waals surface area contributed by atoms with Crippen molar-refractivity contribution in [1.29, 1.82) is 0 Å². The minimum Gasteiger partial charge on any atom is -0.374 e. The van der Waals surface area contributed by atoms with Gasteiger partial charge in [0.05, 0.1) is 11.4 Å². The molecule has 0 amide bonds. The van der Waals surface area contributed by atoms with E-state index in [0.29, 0.717) is 5.69 Å². The van der Waals surface area contributed by atoms with Crippen molar-refractivity contribution in [2.24, 2.45) is 0 Å². The molecule has 0 spiro atoms. The molecule has 5 heteroatoms. The predicted molar refractivity (Wildman–Crippen MR) is 65.8 cm³/mol. The van der Waals surface area contributed by atoms with Gasteiger partial charge in [-0.1, -0.05) is 0 Å². The van der Waals surface area contributed by atoms with Crippen molar-refractivity contribution in [1.82, 2.24) is 5.32 Å². The maximum Gasteiger partial charge on any atom is 0.184 e. The van der Waals surface area contributed by atoms with Crippen LogP contribution in [0.5, 0.6) is 0 Å². The van der Waals surface area contributed by atoms with Crippen LogP contribution < -0.4 is 15.1 Å². The molecule has 1 fully saturated rings. The summed E-state index contributed by atoms with van der Waals surface area (Å²) in [7, 11) is 3.45. The molecule has 94 valence electrons. The molecule has 17 heavy (non-hydrogen) atoms. The Morgan fingerprint density at radius 3 is 2.41 bits per heavy atom. The van der Waals surface area contributed by atoms with Crippen LogP contribution in [0.1, 0.15) is 0 Å². The van der Waals surface area contributed by atoms with Gasteiger partial charge >= 0.3 is 0 Å². The van der Waals surface area contributed by atoms with E-state index in [1.165, 1.54) is 6.07 Å². The van der Waals surface area contributed by atoms with Crippen molar-refractivity contribution in [3.05, 3.63) is 23.8 Å². The second kappa shape index (κ2) is 4.87. The standard InChI is InChI=1S/C12H17F2N3/c1-16(2)12-10(4-3-9(13)11(12)14)17-7-5-15-6-8-17/h3-4,15H,5-8H2,1-2H3. The van der Waals surface area contributed by atoms with Crippen molar-refractivity contribution in [3.8, 4) is 0 Å². The Labute approximate surface area is 100 Å². The highest BCUT2D eigenvalue weighted by Gasteiger charge is 2.20. The van der Waals surface area contributed by atoms with E-state index < -0.39 is 11.6 Å². The monoisotopic (exact) mass is 241 g/mol. The van der Waals surface area contributed by atoms with Crippen LogP contribution in [0, 0.1) is 11.6 Å². The SMILES string of the molecule is CN(C)c1c(N2CCNCC2)ccc(F)c1F. The highest BCUT2D eigenvalue weighted by molar-refractivity contribution is 5.71. The maximum absolute atomic E-state index is 13.8. The first-order valence-electron chi connectivity index (χ1n) is 5.72. The summed E-state index contributed by atoms with van der Waals surface area (Å²) >= 11 is 0. The number of benzene rings is 1. The van der Waals surface area contributed by atoms with E-state index in [0.717, 1.165) is 31.9 Å². The van der Waals surface area contributed by atoms with E-state index in [2.05, 4.69) is 10.2 Å². The number of hydrogen-bond donors (Lipinski definition) is 1. The van der Waals surface area contributed by atoms with Crippen LogP contribution >= 0.6 is 0 Å². The molecule has 0 bridgehead atoms. The lowest BCUT2D eigenvalue weighted by atomic mass is 10.2. The Morgan fingerprint density at radius 1 is 1.18 bits per heavy atom. The molecule has 0 radical (unpaired) electrons. The zero-order valence-electron chi connectivity index (χ0n) is 10.1. The fourth-order valence-corrected chi connectivity index (χ4v) is 2.12. The van der Waals surface area contributed by atoms with Gasteiger partial charge in [-0.25, -0.2) is 8.78 Å². The van der Waals surface area contributed by atoms with Crippen LogP contribution in [-0.4, -0.2) is 40.3 Å². The van der Waals surface area contributed by atoms with Crippen LogP contribution in [0.25, 0.3) is 0 Å². The van der Waals surface area contributed by atoms with Crippen LogP contribution in [-0.2, 0) is 0 Å². The number of nitrogens with one attached hydrogen (secondary N) is 1. The molecular formula is C12H17F2N3. The molecule has 0 unspecified atom stereocenters. The summed E-state index contributed by atoms with van der Waals surface area (Å²) in [5, 5.41) is 3.24. The fourth-order valence-electron chi connectivity index (χ4n) is 2.12. The minimum absolute atomic E-state index is 0.326. The molecule has 1 heterocycles. The van der Waals surface area contributed by atoms with Gasteiger partial charge in [0.15, 0.2) is 11.6 Å². The van der Waals surface area contributed by atoms with E-state index in [1.54, 1.807) is 25.1 Å². The second-order valence-electron chi connectivity index (χ2n) is 4.36. The third kappa shape index (κ3) is 2.34. The maximum atomic E-state index is 13.8. The Morgan fingerprint density at radius 2 is 1.82 bits per heavy atom. The van der Waals surface area contributed by atoms with Gasteiger partial charge < -0.3 is 15.1 Å². The van der Waals surface area contributed by atoms with Crippen LogP contribution in [0.2, 0.25) is 0 Å². The molecule has 1 N–H and O–H groups in total. The predicted octanol–water partition coefficient (Wildman–Crippen LogP) is 1.44.